The molecule has 1 rings (SSSR count). The first kappa shape index (κ1) is 12.5. The number of anilines is 3. The lowest BCUT2D eigenvalue weighted by molar-refractivity contribution is 0.606. The van der Waals surface area contributed by atoms with Crippen LogP contribution in [0.5, 0.6) is 0 Å². The van der Waals surface area contributed by atoms with Crippen molar-refractivity contribution in [2.75, 3.05) is 22.4 Å². The minimum Gasteiger partial charge on any atom is -0.383 e. The van der Waals surface area contributed by atoms with Crippen LogP contribution >= 0.6 is 0 Å². The van der Waals surface area contributed by atoms with E-state index >= 15 is 0 Å². The highest BCUT2D eigenvalue weighted by Gasteiger charge is 2.13. The molecule has 1 heterocycles. The molecule has 0 aromatic carbocycles. The Kier molecular flexibility index (Phi) is 3.53. The first-order valence-electron chi connectivity index (χ1n) is 4.73. The molecular formula is C8H15N5O2S. The van der Waals surface area contributed by atoms with Gasteiger partial charge in [0.05, 0.1) is 6.26 Å². The maximum atomic E-state index is 11.1. The van der Waals surface area contributed by atoms with E-state index in [4.69, 9.17) is 11.5 Å². The van der Waals surface area contributed by atoms with Crippen molar-refractivity contribution >= 4 is 27.6 Å². The summed E-state index contributed by atoms with van der Waals surface area (Å²) in [5.74, 6) is 0.318. The van der Waals surface area contributed by atoms with Gasteiger partial charge < -0.3 is 11.5 Å². The van der Waals surface area contributed by atoms with Gasteiger partial charge >= 0.3 is 0 Å². The van der Waals surface area contributed by atoms with E-state index in [-0.39, 0.29) is 17.6 Å². The van der Waals surface area contributed by atoms with Crippen LogP contribution in [0.25, 0.3) is 0 Å². The Bertz CT molecular complexity index is 485. The summed E-state index contributed by atoms with van der Waals surface area (Å²) < 4.78 is 24.5. The van der Waals surface area contributed by atoms with Crippen LogP contribution in [0.15, 0.2) is 0 Å². The van der Waals surface area contributed by atoms with Gasteiger partial charge in [-0.05, 0) is 6.42 Å². The summed E-state index contributed by atoms with van der Waals surface area (Å²) in [4.78, 5) is 7.63. The van der Waals surface area contributed by atoms with Crippen molar-refractivity contribution in [1.82, 2.24) is 9.97 Å². The van der Waals surface area contributed by atoms with Gasteiger partial charge in [-0.15, -0.1) is 0 Å². The molecule has 0 radical (unpaired) electrons. The molecule has 7 nitrogen and oxygen atoms in total. The average Bonchev–Trinajstić information content (AvgIpc) is 2.08. The lowest BCUT2D eigenvalue weighted by Crippen LogP contribution is -2.16. The molecule has 0 aliphatic heterocycles. The number of nitrogens with two attached hydrogens (primary N) is 2. The third kappa shape index (κ3) is 3.23. The number of nitrogens with zero attached hydrogens (tertiary/aromatic N) is 2. The molecule has 0 fully saturated rings. The Morgan fingerprint density at radius 2 is 1.94 bits per heavy atom. The van der Waals surface area contributed by atoms with E-state index in [1.54, 1.807) is 0 Å². The topological polar surface area (TPSA) is 124 Å². The van der Waals surface area contributed by atoms with Crippen molar-refractivity contribution < 1.29 is 8.42 Å². The summed E-state index contributed by atoms with van der Waals surface area (Å²) in [5, 5.41) is 0. The largest absolute Gasteiger partial charge is 0.383 e. The number of hydrogen-bond acceptors (Lipinski definition) is 6. The zero-order valence-electron chi connectivity index (χ0n) is 9.19. The van der Waals surface area contributed by atoms with Gasteiger partial charge in [0, 0.05) is 5.56 Å². The Morgan fingerprint density at radius 3 is 2.44 bits per heavy atom. The highest BCUT2D eigenvalue weighted by Crippen LogP contribution is 2.21. The van der Waals surface area contributed by atoms with E-state index < -0.39 is 10.0 Å². The maximum absolute atomic E-state index is 11.1. The molecule has 0 amide bonds. The lowest BCUT2D eigenvalue weighted by atomic mass is 10.1. The van der Waals surface area contributed by atoms with Crippen molar-refractivity contribution in [2.45, 2.75) is 19.8 Å². The second-order valence-electron chi connectivity index (χ2n) is 3.42. The quantitative estimate of drug-likeness (QED) is 0.684. The Labute approximate surface area is 94.3 Å². The summed E-state index contributed by atoms with van der Waals surface area (Å²) in [5.41, 5.74) is 11.6. The maximum Gasteiger partial charge on any atom is 0.230 e. The van der Waals surface area contributed by atoms with Gasteiger partial charge in [0.25, 0.3) is 0 Å². The van der Waals surface area contributed by atoms with E-state index in [1.807, 2.05) is 6.92 Å². The summed E-state index contributed by atoms with van der Waals surface area (Å²) in [6.07, 6.45) is 2.43. The standard InChI is InChI=1S/C8H15N5O2S/c1-3-4-5-6(9)11-8(10)12-7(5)13-16(2,14)15/h3-4H2,1-2H3,(H5,9,10,11,12,13). The van der Waals surface area contributed by atoms with Gasteiger partial charge in [0.2, 0.25) is 16.0 Å². The first-order valence-corrected chi connectivity index (χ1v) is 6.62. The summed E-state index contributed by atoms with van der Waals surface area (Å²) in [7, 11) is -3.40. The average molecular weight is 245 g/mol. The minimum absolute atomic E-state index is 0.0523. The molecule has 0 bridgehead atoms. The van der Waals surface area contributed by atoms with Gasteiger partial charge in [0.15, 0.2) is 0 Å². The number of nitrogen functional groups attached to an aromatic ring is 2. The second-order valence-corrected chi connectivity index (χ2v) is 5.17. The van der Waals surface area contributed by atoms with Crippen LogP contribution in [-0.4, -0.2) is 24.6 Å². The highest BCUT2D eigenvalue weighted by atomic mass is 32.2. The van der Waals surface area contributed by atoms with Crippen LogP contribution < -0.4 is 16.2 Å². The number of aromatic nitrogens is 2. The number of hydrogen-bond donors (Lipinski definition) is 3. The van der Waals surface area contributed by atoms with Crippen LogP contribution in [0, 0.1) is 0 Å². The smallest absolute Gasteiger partial charge is 0.230 e. The fourth-order valence-corrected chi connectivity index (χ4v) is 1.80. The molecular weight excluding hydrogens is 230 g/mol. The van der Waals surface area contributed by atoms with Gasteiger partial charge in [0.1, 0.15) is 11.6 Å². The van der Waals surface area contributed by atoms with Crippen LogP contribution in [0.1, 0.15) is 18.9 Å². The van der Waals surface area contributed by atoms with Crippen LogP contribution in [0.4, 0.5) is 17.6 Å². The second kappa shape index (κ2) is 4.52. The van der Waals surface area contributed by atoms with Crippen molar-refractivity contribution in [2.24, 2.45) is 0 Å². The zero-order valence-corrected chi connectivity index (χ0v) is 10.0. The third-order valence-corrected chi connectivity index (χ3v) is 2.40. The SMILES string of the molecule is CCCc1c(N)nc(N)nc1NS(C)(=O)=O. The van der Waals surface area contributed by atoms with E-state index in [0.29, 0.717) is 12.0 Å². The van der Waals surface area contributed by atoms with E-state index in [9.17, 15) is 8.42 Å². The normalized spacial score (nSPS) is 11.4. The minimum atomic E-state index is -3.40. The van der Waals surface area contributed by atoms with E-state index in [2.05, 4.69) is 14.7 Å². The molecule has 8 heteroatoms. The summed E-state index contributed by atoms with van der Waals surface area (Å²) in [6, 6.07) is 0. The van der Waals surface area contributed by atoms with E-state index in [0.717, 1.165) is 12.7 Å². The molecule has 1 aromatic rings. The van der Waals surface area contributed by atoms with Gasteiger partial charge in [-0.1, -0.05) is 13.3 Å². The monoisotopic (exact) mass is 245 g/mol. The molecule has 0 saturated heterocycles. The van der Waals surface area contributed by atoms with Crippen molar-refractivity contribution in [3.63, 3.8) is 0 Å². The Morgan fingerprint density at radius 1 is 1.31 bits per heavy atom. The highest BCUT2D eigenvalue weighted by molar-refractivity contribution is 7.92. The zero-order chi connectivity index (χ0) is 12.3. The van der Waals surface area contributed by atoms with Crippen LogP contribution in [0.2, 0.25) is 0 Å². The predicted molar refractivity (Wildman–Crippen MR) is 63.3 cm³/mol. The number of rotatable bonds is 4. The molecule has 90 valence electrons. The molecule has 1 aromatic heterocycles. The molecule has 0 unspecified atom stereocenters. The molecule has 0 aliphatic rings. The number of nitrogens with one attached hydrogen (secondary N) is 1. The fraction of sp³-hybridized carbons (Fsp3) is 0.500. The van der Waals surface area contributed by atoms with Crippen molar-refractivity contribution in [1.29, 1.82) is 0 Å². The predicted octanol–water partition coefficient (Wildman–Crippen LogP) is -0.0350. The number of sulfonamides is 1. The fourth-order valence-electron chi connectivity index (χ4n) is 1.28. The summed E-state index contributed by atoms with van der Waals surface area (Å²) in [6.45, 7) is 1.94. The third-order valence-electron chi connectivity index (χ3n) is 1.84. The molecule has 16 heavy (non-hydrogen) atoms. The molecule has 0 spiro atoms. The molecule has 0 aliphatic carbocycles. The summed E-state index contributed by atoms with van der Waals surface area (Å²) >= 11 is 0. The van der Waals surface area contributed by atoms with Crippen molar-refractivity contribution in [3.05, 3.63) is 5.56 Å². The Hall–Kier alpha value is -1.57. The Balaban J connectivity index is 3.23. The van der Waals surface area contributed by atoms with Gasteiger partial charge in [-0.2, -0.15) is 9.97 Å². The van der Waals surface area contributed by atoms with Crippen molar-refractivity contribution in [3.8, 4) is 0 Å². The van der Waals surface area contributed by atoms with Gasteiger partial charge in [-0.25, -0.2) is 8.42 Å². The van der Waals surface area contributed by atoms with E-state index in [1.165, 1.54) is 0 Å². The molecule has 0 saturated carbocycles. The molecule has 5 N–H and O–H groups in total. The molecule has 0 atom stereocenters. The first-order chi connectivity index (χ1) is 7.33. The van der Waals surface area contributed by atoms with Gasteiger partial charge in [-0.3, -0.25) is 4.72 Å². The van der Waals surface area contributed by atoms with Crippen LogP contribution in [0.3, 0.4) is 0 Å². The van der Waals surface area contributed by atoms with Crippen LogP contribution in [-0.2, 0) is 16.4 Å². The lowest BCUT2D eigenvalue weighted by Gasteiger charge is -2.11.